The van der Waals surface area contributed by atoms with Crippen LogP contribution in [0.5, 0.6) is 0 Å². The predicted molar refractivity (Wildman–Crippen MR) is 82.9 cm³/mol. The van der Waals surface area contributed by atoms with E-state index in [2.05, 4.69) is 9.88 Å². The van der Waals surface area contributed by atoms with Gasteiger partial charge in [-0.3, -0.25) is 14.5 Å². The van der Waals surface area contributed by atoms with Crippen molar-refractivity contribution in [1.29, 1.82) is 0 Å². The van der Waals surface area contributed by atoms with Crippen LogP contribution >= 0.6 is 0 Å². The van der Waals surface area contributed by atoms with Gasteiger partial charge in [0.05, 0.1) is 12.5 Å². The van der Waals surface area contributed by atoms with Crippen molar-refractivity contribution in [3.8, 4) is 0 Å². The number of nitrogens with zero attached hydrogens (tertiary/aromatic N) is 5. The van der Waals surface area contributed by atoms with Gasteiger partial charge in [-0.25, -0.2) is 4.98 Å². The highest BCUT2D eigenvalue weighted by Crippen LogP contribution is 2.14. The summed E-state index contributed by atoms with van der Waals surface area (Å²) in [6.45, 7) is 4.79. The van der Waals surface area contributed by atoms with Gasteiger partial charge in [0, 0.05) is 66.6 Å². The summed E-state index contributed by atoms with van der Waals surface area (Å²) in [4.78, 5) is 34.0. The molecule has 7 nitrogen and oxygen atoms in total. The van der Waals surface area contributed by atoms with Crippen LogP contribution in [0.15, 0.2) is 12.4 Å². The molecule has 0 saturated carbocycles. The van der Waals surface area contributed by atoms with Crippen LogP contribution in [-0.4, -0.2) is 76.3 Å². The highest BCUT2D eigenvalue weighted by atomic mass is 16.2. The lowest BCUT2D eigenvalue weighted by Crippen LogP contribution is -2.41. The maximum Gasteiger partial charge on any atom is 0.228 e. The number of aromatic nitrogens is 2. The van der Waals surface area contributed by atoms with E-state index in [0.29, 0.717) is 26.2 Å². The molecule has 1 aliphatic heterocycles. The van der Waals surface area contributed by atoms with Crippen LogP contribution in [-0.2, 0) is 23.2 Å². The fourth-order valence-electron chi connectivity index (χ4n) is 2.78. The van der Waals surface area contributed by atoms with Gasteiger partial charge < -0.3 is 14.4 Å². The van der Waals surface area contributed by atoms with Gasteiger partial charge in [-0.05, 0) is 0 Å². The van der Waals surface area contributed by atoms with E-state index in [1.54, 1.807) is 37.0 Å². The topological polar surface area (TPSA) is 61.7 Å². The zero-order chi connectivity index (χ0) is 16.3. The van der Waals surface area contributed by atoms with Gasteiger partial charge in [0.15, 0.2) is 0 Å². The van der Waals surface area contributed by atoms with E-state index in [1.165, 1.54) is 0 Å². The average Bonchev–Trinajstić information content (AvgIpc) is 2.74. The molecule has 0 unspecified atom stereocenters. The minimum atomic E-state index is -0.193. The van der Waals surface area contributed by atoms with Crippen molar-refractivity contribution in [3.05, 3.63) is 18.2 Å². The molecular weight excluding hydrogens is 282 g/mol. The maximum atomic E-state index is 12.4. The molecule has 2 rings (SSSR count). The third-order valence-electron chi connectivity index (χ3n) is 4.13. The van der Waals surface area contributed by atoms with Crippen LogP contribution in [0.25, 0.3) is 0 Å². The lowest BCUT2D eigenvalue weighted by Gasteiger charge is -2.25. The molecule has 2 amide bonds. The Kier molecular flexibility index (Phi) is 5.18. The maximum absolute atomic E-state index is 12.4. The minimum Gasteiger partial charge on any atom is -0.348 e. The van der Waals surface area contributed by atoms with Gasteiger partial charge >= 0.3 is 0 Å². The normalized spacial score (nSPS) is 19.8. The average molecular weight is 307 g/mol. The first-order valence-electron chi connectivity index (χ1n) is 7.53. The molecule has 1 saturated heterocycles. The Hall–Kier alpha value is -1.89. The summed E-state index contributed by atoms with van der Waals surface area (Å²) in [6.07, 6.45) is 3.69. The zero-order valence-corrected chi connectivity index (χ0v) is 13.8. The van der Waals surface area contributed by atoms with Gasteiger partial charge in [-0.1, -0.05) is 0 Å². The van der Waals surface area contributed by atoms with Gasteiger partial charge in [0.1, 0.15) is 5.82 Å². The number of imidazole rings is 1. The summed E-state index contributed by atoms with van der Waals surface area (Å²) in [5.74, 6) is 0.863. The van der Waals surface area contributed by atoms with Gasteiger partial charge in [-0.15, -0.1) is 0 Å². The molecule has 1 atom stereocenters. The van der Waals surface area contributed by atoms with E-state index in [9.17, 15) is 9.59 Å². The molecule has 7 heteroatoms. The van der Waals surface area contributed by atoms with E-state index in [0.717, 1.165) is 12.4 Å². The van der Waals surface area contributed by atoms with Crippen LogP contribution in [0.4, 0.5) is 0 Å². The standard InChI is InChI=1S/C15H25N5O2/c1-12(21)20-8-7-19(11-14-16-5-6-18(14)4)9-13(10-20)15(22)17(2)3/h5-6,13H,7-11H2,1-4H3/t13-/m0/s1. The Bertz CT molecular complexity index is 540. The summed E-state index contributed by atoms with van der Waals surface area (Å²) in [5, 5.41) is 0. The molecule has 1 aliphatic rings. The van der Waals surface area contributed by atoms with Crippen LogP contribution in [0.1, 0.15) is 12.7 Å². The molecular formula is C15H25N5O2. The lowest BCUT2D eigenvalue weighted by atomic mass is 10.1. The SMILES string of the molecule is CC(=O)N1CCN(Cc2nccn2C)C[C@H](C(=O)N(C)C)C1. The molecule has 0 aliphatic carbocycles. The number of rotatable bonds is 3. The zero-order valence-electron chi connectivity index (χ0n) is 13.8. The van der Waals surface area contributed by atoms with Crippen LogP contribution in [0, 0.1) is 5.92 Å². The minimum absolute atomic E-state index is 0.0235. The van der Waals surface area contributed by atoms with E-state index >= 15 is 0 Å². The van der Waals surface area contributed by atoms with E-state index in [-0.39, 0.29) is 17.7 Å². The number of hydrogen-bond acceptors (Lipinski definition) is 4. The van der Waals surface area contributed by atoms with Crippen LogP contribution in [0.2, 0.25) is 0 Å². The quantitative estimate of drug-likeness (QED) is 0.775. The Morgan fingerprint density at radius 1 is 1.32 bits per heavy atom. The predicted octanol–water partition coefficient (Wildman–Crippen LogP) is -0.211. The summed E-state index contributed by atoms with van der Waals surface area (Å²) in [6, 6.07) is 0. The number of hydrogen-bond donors (Lipinski definition) is 0. The second kappa shape index (κ2) is 6.91. The first kappa shape index (κ1) is 16.5. The first-order chi connectivity index (χ1) is 10.4. The first-order valence-corrected chi connectivity index (χ1v) is 7.53. The van der Waals surface area contributed by atoms with E-state index < -0.39 is 0 Å². The van der Waals surface area contributed by atoms with Gasteiger partial charge in [-0.2, -0.15) is 0 Å². The molecule has 0 aromatic carbocycles. The highest BCUT2D eigenvalue weighted by molar-refractivity contribution is 5.80. The Morgan fingerprint density at radius 2 is 2.05 bits per heavy atom. The summed E-state index contributed by atoms with van der Waals surface area (Å²) < 4.78 is 1.98. The lowest BCUT2D eigenvalue weighted by molar-refractivity contribution is -0.135. The molecule has 0 radical (unpaired) electrons. The second-order valence-electron chi connectivity index (χ2n) is 6.08. The Labute approximate surface area is 131 Å². The smallest absolute Gasteiger partial charge is 0.228 e. The molecule has 1 aromatic heterocycles. The van der Waals surface area contributed by atoms with Crippen molar-refractivity contribution in [3.63, 3.8) is 0 Å². The van der Waals surface area contributed by atoms with Gasteiger partial charge in [0.25, 0.3) is 0 Å². The summed E-state index contributed by atoms with van der Waals surface area (Å²) >= 11 is 0. The van der Waals surface area contributed by atoms with Crippen molar-refractivity contribution < 1.29 is 9.59 Å². The third-order valence-corrected chi connectivity index (χ3v) is 4.13. The van der Waals surface area contributed by atoms with Crippen molar-refractivity contribution in [2.24, 2.45) is 13.0 Å². The monoisotopic (exact) mass is 307 g/mol. The van der Waals surface area contributed by atoms with E-state index in [4.69, 9.17) is 0 Å². The molecule has 122 valence electrons. The fourth-order valence-corrected chi connectivity index (χ4v) is 2.78. The molecule has 0 N–H and O–H groups in total. The van der Waals surface area contributed by atoms with Crippen molar-refractivity contribution in [2.75, 3.05) is 40.3 Å². The fraction of sp³-hybridized carbons (Fsp3) is 0.667. The van der Waals surface area contributed by atoms with Crippen molar-refractivity contribution in [1.82, 2.24) is 24.3 Å². The van der Waals surface area contributed by atoms with Gasteiger partial charge in [0.2, 0.25) is 11.8 Å². The number of carbonyl (C=O) groups excluding carboxylic acids is 2. The molecule has 0 spiro atoms. The second-order valence-corrected chi connectivity index (χ2v) is 6.08. The Balaban J connectivity index is 2.13. The molecule has 1 aromatic rings. The summed E-state index contributed by atoms with van der Waals surface area (Å²) in [7, 11) is 5.48. The highest BCUT2D eigenvalue weighted by Gasteiger charge is 2.30. The molecule has 1 fully saturated rings. The largest absolute Gasteiger partial charge is 0.348 e. The van der Waals surface area contributed by atoms with Crippen molar-refractivity contribution >= 4 is 11.8 Å². The third kappa shape index (κ3) is 3.85. The molecule has 2 heterocycles. The van der Waals surface area contributed by atoms with Crippen molar-refractivity contribution in [2.45, 2.75) is 13.5 Å². The van der Waals surface area contributed by atoms with Crippen LogP contribution in [0.3, 0.4) is 0 Å². The molecule has 0 bridgehead atoms. The van der Waals surface area contributed by atoms with Crippen LogP contribution < -0.4 is 0 Å². The van der Waals surface area contributed by atoms with E-state index in [1.807, 2.05) is 17.8 Å². The number of amides is 2. The Morgan fingerprint density at radius 3 is 2.59 bits per heavy atom. The molecule has 22 heavy (non-hydrogen) atoms. The summed E-state index contributed by atoms with van der Waals surface area (Å²) in [5.41, 5.74) is 0. The number of aryl methyl sites for hydroxylation is 1. The number of carbonyl (C=O) groups is 2.